The van der Waals surface area contributed by atoms with Crippen molar-refractivity contribution in [3.8, 4) is 11.4 Å². The van der Waals surface area contributed by atoms with Gasteiger partial charge in [0.15, 0.2) is 0 Å². The summed E-state index contributed by atoms with van der Waals surface area (Å²) < 4.78 is 81.9. The van der Waals surface area contributed by atoms with Crippen molar-refractivity contribution in [3.05, 3.63) is 120 Å². The van der Waals surface area contributed by atoms with Crippen LogP contribution in [0.3, 0.4) is 0 Å². The third kappa shape index (κ3) is 3.18. The lowest BCUT2D eigenvalue weighted by molar-refractivity contribution is 0.597. The average molecular weight is 488 g/mol. The molecule has 0 unspecified atom stereocenters. The molecule has 0 aliphatic rings. The lowest BCUT2D eigenvalue weighted by atomic mass is 9.83. The van der Waals surface area contributed by atoms with Crippen LogP contribution < -0.4 is 0 Å². The zero-order valence-corrected chi connectivity index (χ0v) is 21.1. The predicted octanol–water partition coefficient (Wildman–Crippen LogP) is 9.49. The van der Waals surface area contributed by atoms with E-state index < -0.39 is 23.5 Å². The first-order chi connectivity index (χ1) is 21.7. The molecular weight excluding hydrogens is 448 g/mol. The van der Waals surface area contributed by atoms with Crippen molar-refractivity contribution in [1.29, 1.82) is 0 Å². The van der Waals surface area contributed by atoms with E-state index in [2.05, 4.69) is 0 Å². The maximum Gasteiger partial charge on any atom is 0.0648 e. The number of nitrogens with zero attached hydrogens (tertiary/aromatic N) is 2. The number of aromatic nitrogens is 2. The Bertz CT molecular complexity index is 2240. The molecule has 0 aliphatic heterocycles. The van der Waals surface area contributed by atoms with Gasteiger partial charge < -0.3 is 9.13 Å². The molecule has 7 rings (SSSR count). The van der Waals surface area contributed by atoms with E-state index in [-0.39, 0.29) is 47.6 Å². The number of hydrogen-bond acceptors (Lipinski definition) is 0. The van der Waals surface area contributed by atoms with Crippen LogP contribution in [-0.2, 0) is 5.41 Å². The van der Waals surface area contributed by atoms with Gasteiger partial charge in [-0.05, 0) is 60.3 Å². The first-order valence-corrected chi connectivity index (χ1v) is 12.3. The van der Waals surface area contributed by atoms with Gasteiger partial charge in [-0.1, -0.05) is 87.4 Å². The highest BCUT2D eigenvalue weighted by Gasteiger charge is 2.29. The second-order valence-corrected chi connectivity index (χ2v) is 10.4. The minimum Gasteiger partial charge on any atom is -0.309 e. The van der Waals surface area contributed by atoms with E-state index in [4.69, 9.17) is 12.3 Å². The van der Waals surface area contributed by atoms with Crippen LogP contribution in [0, 0.1) is 6.92 Å². The van der Waals surface area contributed by atoms with Crippen molar-refractivity contribution in [3.63, 3.8) is 0 Å². The van der Waals surface area contributed by atoms with Gasteiger partial charge in [0.25, 0.3) is 0 Å². The number of hydrogen-bond donors (Lipinski definition) is 0. The lowest BCUT2D eigenvalue weighted by Gasteiger charge is -2.25. The van der Waals surface area contributed by atoms with Crippen LogP contribution in [0.1, 0.15) is 44.2 Å². The van der Waals surface area contributed by atoms with E-state index in [1.807, 2.05) is 79.9 Å². The smallest absolute Gasteiger partial charge is 0.0648 e. The molecule has 0 N–H and O–H groups in total. The Morgan fingerprint density at radius 3 is 1.76 bits per heavy atom. The molecule has 2 heteroatoms. The number of rotatable bonds is 2. The molecule has 2 heterocycles. The second kappa shape index (κ2) is 7.85. The van der Waals surface area contributed by atoms with Crippen LogP contribution in [0.25, 0.3) is 55.0 Å². The van der Waals surface area contributed by atoms with Crippen molar-refractivity contribution in [2.75, 3.05) is 0 Å². The van der Waals surface area contributed by atoms with Crippen molar-refractivity contribution in [2.24, 2.45) is 0 Å². The van der Waals surface area contributed by atoms with Gasteiger partial charge in [0.1, 0.15) is 0 Å². The first kappa shape index (κ1) is 14.4. The number of benzene rings is 5. The van der Waals surface area contributed by atoms with Crippen LogP contribution in [-0.4, -0.2) is 9.13 Å². The van der Waals surface area contributed by atoms with Crippen molar-refractivity contribution < 1.29 is 12.3 Å². The first-order valence-electron chi connectivity index (χ1n) is 16.8. The normalized spacial score (nSPS) is 15.7. The quantitative estimate of drug-likeness (QED) is 0.230. The van der Waals surface area contributed by atoms with Crippen molar-refractivity contribution in [2.45, 2.75) is 33.1 Å². The Kier molecular flexibility index (Phi) is 3.06. The molecule has 2 aromatic heterocycles. The summed E-state index contributed by atoms with van der Waals surface area (Å²) in [5.74, 6) is 0. The molecule has 0 amide bonds. The maximum atomic E-state index is 9.12. The number of para-hydroxylation sites is 3. The topological polar surface area (TPSA) is 9.86 Å². The fourth-order valence-corrected chi connectivity index (χ4v) is 5.64. The van der Waals surface area contributed by atoms with Gasteiger partial charge in [-0.25, -0.2) is 0 Å². The summed E-state index contributed by atoms with van der Waals surface area (Å²) in [5.41, 5.74) is 3.46. The molecule has 0 saturated carbocycles. The SMILES string of the molecule is [2H]c1c([2H])c([2H])c(-n2c3ccccc3c3cc4c5ccccc5n(-c5c([2H])c([2H])c([2H])c(C)c5[2H])c4c(C(C)(C)C)c32)c([2H])c1[2H]. The van der Waals surface area contributed by atoms with Gasteiger partial charge in [-0.15, -0.1) is 0 Å². The molecular formula is C35H30N2. The van der Waals surface area contributed by atoms with E-state index in [9.17, 15) is 0 Å². The Balaban J connectivity index is 1.85. The summed E-state index contributed by atoms with van der Waals surface area (Å²) in [7, 11) is 0. The molecule has 0 spiro atoms. The van der Waals surface area contributed by atoms with Crippen LogP contribution >= 0.6 is 0 Å². The highest BCUT2D eigenvalue weighted by molar-refractivity contribution is 6.21. The summed E-state index contributed by atoms with van der Waals surface area (Å²) in [4.78, 5) is 0. The fraction of sp³-hybridized carbons (Fsp3) is 0.143. The van der Waals surface area contributed by atoms with Crippen molar-refractivity contribution >= 4 is 43.6 Å². The predicted molar refractivity (Wildman–Crippen MR) is 159 cm³/mol. The Morgan fingerprint density at radius 2 is 1.16 bits per heavy atom. The monoisotopic (exact) mass is 487 g/mol. The summed E-state index contributed by atoms with van der Waals surface area (Å²) in [6.07, 6.45) is 0. The van der Waals surface area contributed by atoms with Crippen LogP contribution in [0.5, 0.6) is 0 Å². The number of fused-ring (bicyclic) bond motifs is 6. The van der Waals surface area contributed by atoms with Gasteiger partial charge in [0.2, 0.25) is 0 Å². The van der Waals surface area contributed by atoms with Crippen LogP contribution in [0.4, 0.5) is 0 Å². The van der Waals surface area contributed by atoms with E-state index in [1.165, 1.54) is 0 Å². The molecule has 0 fully saturated rings. The molecule has 180 valence electrons. The maximum absolute atomic E-state index is 9.12. The zero-order valence-electron chi connectivity index (χ0n) is 30.1. The van der Waals surface area contributed by atoms with E-state index >= 15 is 0 Å². The Hall–Kier alpha value is -4.30. The molecule has 0 saturated heterocycles. The zero-order chi connectivity index (χ0) is 33.1. The van der Waals surface area contributed by atoms with Gasteiger partial charge in [0.05, 0.1) is 34.4 Å². The van der Waals surface area contributed by atoms with Crippen LogP contribution in [0.2, 0.25) is 0 Å². The highest BCUT2D eigenvalue weighted by atomic mass is 15.0. The van der Waals surface area contributed by atoms with Gasteiger partial charge in [-0.3, -0.25) is 0 Å². The lowest BCUT2D eigenvalue weighted by Crippen LogP contribution is -2.15. The van der Waals surface area contributed by atoms with Crippen molar-refractivity contribution in [1.82, 2.24) is 9.13 Å². The van der Waals surface area contributed by atoms with E-state index in [0.717, 1.165) is 32.6 Å². The molecule has 0 bridgehead atoms. The summed E-state index contributed by atoms with van der Waals surface area (Å²) >= 11 is 0. The Labute approximate surface area is 230 Å². The second-order valence-electron chi connectivity index (χ2n) is 10.4. The third-order valence-corrected chi connectivity index (χ3v) is 7.01. The fourth-order valence-electron chi connectivity index (χ4n) is 5.64. The van der Waals surface area contributed by atoms with Gasteiger partial charge in [-0.2, -0.15) is 0 Å². The van der Waals surface area contributed by atoms with E-state index in [0.29, 0.717) is 22.1 Å². The molecule has 2 nitrogen and oxygen atoms in total. The van der Waals surface area contributed by atoms with E-state index in [1.54, 1.807) is 11.5 Å². The summed E-state index contributed by atoms with van der Waals surface area (Å²) in [6, 6.07) is 14.8. The third-order valence-electron chi connectivity index (χ3n) is 7.01. The van der Waals surface area contributed by atoms with Gasteiger partial charge in [0, 0.05) is 38.5 Å². The molecule has 5 aromatic carbocycles. The largest absolute Gasteiger partial charge is 0.309 e. The minimum absolute atomic E-state index is 0.0141. The summed E-state index contributed by atoms with van der Waals surface area (Å²) in [6.45, 7) is 7.76. The molecule has 0 aliphatic carbocycles. The molecule has 7 aromatic rings. The summed E-state index contributed by atoms with van der Waals surface area (Å²) in [5, 5.41) is 3.41. The van der Waals surface area contributed by atoms with Gasteiger partial charge >= 0.3 is 0 Å². The minimum atomic E-state index is -0.609. The standard InChI is InChI=1S/C35H30N2/c1-23-13-12-16-25(21-23)37-31-20-11-9-18-27(31)29-22-28-26-17-8-10-19-30(26)36(24-14-6-5-7-15-24)33(28)32(34(29)37)35(2,3)4/h5-22H,1-4H3/i5D,6D,7D,12D,13D,14D,15D,16D,21D. The molecule has 0 atom stereocenters. The molecule has 37 heavy (non-hydrogen) atoms. The molecule has 0 radical (unpaired) electrons. The average Bonchev–Trinajstić information content (AvgIpc) is 3.52. The highest BCUT2D eigenvalue weighted by Crippen LogP contribution is 2.46. The van der Waals surface area contributed by atoms with Crippen LogP contribution in [0.15, 0.2) is 109 Å². The Morgan fingerprint density at radius 1 is 0.622 bits per heavy atom.